The number of aliphatic hydroxyl groups is 1. The zero-order valence-corrected chi connectivity index (χ0v) is 20.0. The number of nitrogens with one attached hydrogen (secondary N) is 1. The number of ether oxygens (including phenoxy) is 3. The second-order valence-electron chi connectivity index (χ2n) is 9.81. The first-order valence-electron chi connectivity index (χ1n) is 11.6. The summed E-state index contributed by atoms with van der Waals surface area (Å²) in [5.74, 6) is -2.45. The summed E-state index contributed by atoms with van der Waals surface area (Å²) < 4.78 is 46.0. The lowest BCUT2D eigenvalue weighted by molar-refractivity contribution is -0.0261. The van der Waals surface area contributed by atoms with Gasteiger partial charge in [0.2, 0.25) is 0 Å². The van der Waals surface area contributed by atoms with Gasteiger partial charge in [0.15, 0.2) is 0 Å². The molecule has 0 unspecified atom stereocenters. The molecule has 2 atom stereocenters. The number of carbonyl (C=O) groups excluding carboxylic acids is 2. The molecule has 2 aliphatic heterocycles. The summed E-state index contributed by atoms with van der Waals surface area (Å²) in [6.45, 7) is 5.85. The zero-order valence-electron chi connectivity index (χ0n) is 20.0. The van der Waals surface area contributed by atoms with Gasteiger partial charge in [-0.05, 0) is 56.5 Å². The van der Waals surface area contributed by atoms with E-state index < -0.39 is 41.3 Å². The van der Waals surface area contributed by atoms with Crippen molar-refractivity contribution < 1.29 is 37.7 Å². The average Bonchev–Trinajstić information content (AvgIpc) is 3.27. The van der Waals surface area contributed by atoms with Crippen molar-refractivity contribution >= 4 is 11.9 Å². The summed E-state index contributed by atoms with van der Waals surface area (Å²) >= 11 is 0. The topological polar surface area (TPSA) is 94.1 Å². The first-order valence-corrected chi connectivity index (χ1v) is 11.6. The predicted octanol–water partition coefficient (Wildman–Crippen LogP) is 3.33. The van der Waals surface area contributed by atoms with Crippen LogP contribution in [-0.4, -0.2) is 54.6 Å². The minimum atomic E-state index is -0.876. The van der Waals surface area contributed by atoms with Crippen LogP contribution in [0.3, 0.4) is 0 Å². The van der Waals surface area contributed by atoms with Gasteiger partial charge in [0.25, 0.3) is 5.91 Å². The maximum Gasteiger partial charge on any atom is 0.341 e. The van der Waals surface area contributed by atoms with Crippen molar-refractivity contribution in [3.05, 3.63) is 63.7 Å². The van der Waals surface area contributed by atoms with Gasteiger partial charge in [0, 0.05) is 25.0 Å². The monoisotopic (exact) mass is 489 g/mol. The van der Waals surface area contributed by atoms with E-state index >= 15 is 4.39 Å². The number of hydrogen-bond acceptors (Lipinski definition) is 6. The van der Waals surface area contributed by atoms with Crippen molar-refractivity contribution in [3.63, 3.8) is 0 Å². The second kappa shape index (κ2) is 9.91. The molecule has 7 nitrogen and oxygen atoms in total. The molecule has 1 amide bonds. The van der Waals surface area contributed by atoms with Crippen LogP contribution >= 0.6 is 0 Å². The van der Waals surface area contributed by atoms with Gasteiger partial charge >= 0.3 is 5.97 Å². The summed E-state index contributed by atoms with van der Waals surface area (Å²) in [6, 6.07) is 5.02. The Bertz CT molecular complexity index is 1140. The Morgan fingerprint density at radius 3 is 2.63 bits per heavy atom. The van der Waals surface area contributed by atoms with Crippen LogP contribution in [0.15, 0.2) is 24.3 Å². The molecule has 188 valence electrons. The summed E-state index contributed by atoms with van der Waals surface area (Å²) in [5.41, 5.74) is 0.247. The predicted molar refractivity (Wildman–Crippen MR) is 123 cm³/mol. The highest BCUT2D eigenvalue weighted by Gasteiger charge is 2.30. The average molecular weight is 490 g/mol. The Balaban J connectivity index is 1.59. The van der Waals surface area contributed by atoms with Crippen LogP contribution in [0.5, 0.6) is 5.75 Å². The molecule has 0 radical (unpaired) electrons. The first kappa shape index (κ1) is 25.1. The molecule has 0 bridgehead atoms. The fourth-order valence-electron chi connectivity index (χ4n) is 4.24. The molecule has 0 saturated carbocycles. The van der Waals surface area contributed by atoms with E-state index in [-0.39, 0.29) is 30.8 Å². The third kappa shape index (κ3) is 5.62. The van der Waals surface area contributed by atoms with E-state index in [1.54, 1.807) is 26.8 Å². The van der Waals surface area contributed by atoms with Gasteiger partial charge in [-0.3, -0.25) is 4.79 Å². The molecular weight excluding hydrogens is 460 g/mol. The van der Waals surface area contributed by atoms with Crippen molar-refractivity contribution in [1.29, 1.82) is 0 Å². The maximum atomic E-state index is 15.2. The normalized spacial score (nSPS) is 19.6. The van der Waals surface area contributed by atoms with Crippen LogP contribution in [0.25, 0.3) is 0 Å². The fourth-order valence-corrected chi connectivity index (χ4v) is 4.24. The lowest BCUT2D eigenvalue weighted by atomic mass is 9.96. The Morgan fingerprint density at radius 2 is 1.94 bits per heavy atom. The number of halogens is 2. The summed E-state index contributed by atoms with van der Waals surface area (Å²) in [5, 5.41) is 12.8. The Kier molecular flexibility index (Phi) is 7.10. The van der Waals surface area contributed by atoms with Crippen molar-refractivity contribution in [2.24, 2.45) is 0 Å². The molecule has 35 heavy (non-hydrogen) atoms. The standard InChI is InChI=1S/C26H29F2NO6/c1-26(2,3)35-25(32)16-5-4-14(11-19(16)27)10-15-12-18(22(28)17-6-9-34-23(15)17)24(31)29-20-7-8-33-13-21(20)30/h4-5,11-12,20-21,30H,6-10,13H2,1-3H3,(H,29,31)/t20-,21-/m0/s1. The summed E-state index contributed by atoms with van der Waals surface area (Å²) in [7, 11) is 0. The van der Waals surface area contributed by atoms with Crippen molar-refractivity contribution in [2.75, 3.05) is 19.8 Å². The molecule has 1 fully saturated rings. The highest BCUT2D eigenvalue weighted by Crippen LogP contribution is 2.35. The molecule has 0 aromatic heterocycles. The molecular formula is C26H29F2NO6. The van der Waals surface area contributed by atoms with Crippen LogP contribution in [0.2, 0.25) is 0 Å². The van der Waals surface area contributed by atoms with Crippen LogP contribution in [0.1, 0.15) is 64.6 Å². The van der Waals surface area contributed by atoms with E-state index in [0.717, 1.165) is 0 Å². The van der Waals surface area contributed by atoms with Crippen LogP contribution in [0.4, 0.5) is 8.78 Å². The smallest absolute Gasteiger partial charge is 0.341 e. The van der Waals surface area contributed by atoms with E-state index in [0.29, 0.717) is 41.9 Å². The number of benzene rings is 2. The lowest BCUT2D eigenvalue weighted by Gasteiger charge is -2.28. The SMILES string of the molecule is CC(C)(C)OC(=O)c1ccc(Cc2cc(C(=O)N[C@H]3CCOC[C@@H]3O)c(F)c3c2OCC3)cc1F. The molecule has 4 rings (SSSR count). The Hall–Kier alpha value is -3.04. The van der Waals surface area contributed by atoms with E-state index in [2.05, 4.69) is 5.32 Å². The number of esters is 1. The molecule has 0 aliphatic carbocycles. The van der Waals surface area contributed by atoms with Gasteiger partial charge in [-0.1, -0.05) is 6.07 Å². The second-order valence-corrected chi connectivity index (χ2v) is 9.81. The fraction of sp³-hybridized carbons (Fsp3) is 0.462. The van der Waals surface area contributed by atoms with Gasteiger partial charge in [-0.25, -0.2) is 13.6 Å². The molecule has 2 aliphatic rings. The number of amides is 1. The maximum absolute atomic E-state index is 15.2. The third-order valence-corrected chi connectivity index (χ3v) is 5.92. The number of carbonyl (C=O) groups is 2. The van der Waals surface area contributed by atoms with Crippen LogP contribution in [-0.2, 0) is 22.3 Å². The molecule has 2 aromatic rings. The Morgan fingerprint density at radius 1 is 1.17 bits per heavy atom. The van der Waals surface area contributed by atoms with Crippen LogP contribution < -0.4 is 10.1 Å². The zero-order chi connectivity index (χ0) is 25.3. The molecule has 2 heterocycles. The number of fused-ring (bicyclic) bond motifs is 1. The first-order chi connectivity index (χ1) is 16.5. The van der Waals surface area contributed by atoms with E-state index in [1.807, 2.05) is 0 Å². The van der Waals surface area contributed by atoms with Gasteiger partial charge in [0.1, 0.15) is 23.0 Å². The molecule has 2 N–H and O–H groups in total. The molecule has 1 saturated heterocycles. The Labute approximate surface area is 202 Å². The molecule has 2 aromatic carbocycles. The summed E-state index contributed by atoms with van der Waals surface area (Å²) in [4.78, 5) is 25.2. The molecule has 0 spiro atoms. The van der Waals surface area contributed by atoms with Crippen molar-refractivity contribution in [2.45, 2.75) is 57.8 Å². The van der Waals surface area contributed by atoms with E-state index in [1.165, 1.54) is 18.2 Å². The number of hydrogen-bond donors (Lipinski definition) is 2. The third-order valence-electron chi connectivity index (χ3n) is 5.92. The van der Waals surface area contributed by atoms with Gasteiger partial charge in [-0.15, -0.1) is 0 Å². The quantitative estimate of drug-likeness (QED) is 0.626. The lowest BCUT2D eigenvalue weighted by Crippen LogP contribution is -2.48. The van der Waals surface area contributed by atoms with E-state index in [4.69, 9.17) is 14.2 Å². The van der Waals surface area contributed by atoms with Crippen molar-refractivity contribution in [3.8, 4) is 5.75 Å². The van der Waals surface area contributed by atoms with Crippen molar-refractivity contribution in [1.82, 2.24) is 5.32 Å². The molecule has 9 heteroatoms. The van der Waals surface area contributed by atoms with Crippen LogP contribution in [0, 0.1) is 11.6 Å². The van der Waals surface area contributed by atoms with Gasteiger partial charge < -0.3 is 24.6 Å². The largest absolute Gasteiger partial charge is 0.493 e. The number of rotatable bonds is 5. The summed E-state index contributed by atoms with van der Waals surface area (Å²) in [6.07, 6.45) is 0.00757. The van der Waals surface area contributed by atoms with Gasteiger partial charge in [-0.2, -0.15) is 0 Å². The minimum absolute atomic E-state index is 0.0988. The minimum Gasteiger partial charge on any atom is -0.493 e. The van der Waals surface area contributed by atoms with Gasteiger partial charge in [0.05, 0.1) is 36.5 Å². The number of aliphatic hydroxyl groups excluding tert-OH is 1. The highest BCUT2D eigenvalue weighted by atomic mass is 19.1. The highest BCUT2D eigenvalue weighted by molar-refractivity contribution is 5.95. The van der Waals surface area contributed by atoms with E-state index in [9.17, 15) is 19.1 Å².